The molecule has 6 rings (SSSR count). The summed E-state index contributed by atoms with van der Waals surface area (Å²) in [6.45, 7) is 7.13. The van der Waals surface area contributed by atoms with Gasteiger partial charge in [0.15, 0.2) is 11.6 Å². The van der Waals surface area contributed by atoms with Crippen molar-refractivity contribution in [2.75, 3.05) is 38.2 Å². The number of hydrogen-bond acceptors (Lipinski definition) is 7. The van der Waals surface area contributed by atoms with E-state index in [0.29, 0.717) is 22.5 Å². The van der Waals surface area contributed by atoms with E-state index in [-0.39, 0.29) is 23.7 Å². The molecule has 1 amide bonds. The fourth-order valence-corrected chi connectivity index (χ4v) is 5.32. The molecule has 4 heterocycles. The maximum absolute atomic E-state index is 14.1. The van der Waals surface area contributed by atoms with Crippen LogP contribution in [0.3, 0.4) is 0 Å². The predicted octanol–water partition coefficient (Wildman–Crippen LogP) is 2.31. The number of halogens is 1. The predicted molar refractivity (Wildman–Crippen MR) is 141 cm³/mol. The molecule has 0 spiro atoms. The molecule has 3 aliphatic rings. The van der Waals surface area contributed by atoms with Crippen molar-refractivity contribution in [1.29, 1.82) is 0 Å². The van der Waals surface area contributed by atoms with Crippen LogP contribution in [0.4, 0.5) is 10.1 Å². The number of methoxy groups -OCH3 is 1. The summed E-state index contributed by atoms with van der Waals surface area (Å²) in [5.41, 5.74) is 6.60. The minimum atomic E-state index is -0.959. The highest BCUT2D eigenvalue weighted by Gasteiger charge is 2.29. The summed E-state index contributed by atoms with van der Waals surface area (Å²) >= 11 is 0. The molecule has 2 aromatic carbocycles. The molecule has 3 aromatic rings. The average Bonchev–Trinajstić information content (AvgIpc) is 3.19. The van der Waals surface area contributed by atoms with Gasteiger partial charge in [-0.05, 0) is 63.1 Å². The largest absolute Gasteiger partial charge is 0.494 e. The lowest BCUT2D eigenvalue weighted by Crippen LogP contribution is -2.52. The molecule has 3 aliphatic heterocycles. The Morgan fingerprint density at radius 1 is 1.16 bits per heavy atom. The van der Waals surface area contributed by atoms with Gasteiger partial charge in [-0.15, -0.1) is 0 Å². The maximum Gasteiger partial charge on any atom is 0.262 e. The summed E-state index contributed by atoms with van der Waals surface area (Å²) in [6, 6.07) is 10.4. The summed E-state index contributed by atoms with van der Waals surface area (Å²) in [4.78, 5) is 36.4. The number of carbonyl (C=O) groups excluding carboxylic acids is 1. The van der Waals surface area contributed by atoms with E-state index >= 15 is 0 Å². The molecule has 0 aliphatic carbocycles. The molecule has 37 heavy (non-hydrogen) atoms. The number of carbonyl (C=O) groups is 1. The summed E-state index contributed by atoms with van der Waals surface area (Å²) in [7, 11) is 1.37. The molecule has 2 bridgehead atoms. The standard InChI is InChI=1S/C27H33FN6O3/c1-27(2,29)31-24(35)16-34-25(17-4-6-21(28)23(14-17)37-3)30-22-7-5-19(15-20(22)26(34)36)33-13-12-32-10-8-18(33)9-11-32/h4-7,14-15,18H,8-13,16,29H2,1-3H3,(H,31,35). The average molecular weight is 509 g/mol. The van der Waals surface area contributed by atoms with E-state index in [2.05, 4.69) is 15.1 Å². The molecule has 0 saturated carbocycles. The van der Waals surface area contributed by atoms with Crippen LogP contribution in [-0.4, -0.2) is 65.4 Å². The molecule has 3 fully saturated rings. The Morgan fingerprint density at radius 3 is 2.62 bits per heavy atom. The smallest absolute Gasteiger partial charge is 0.262 e. The Bertz CT molecular complexity index is 1390. The number of ether oxygens (including phenoxy) is 1. The van der Waals surface area contributed by atoms with Crippen LogP contribution in [-0.2, 0) is 11.3 Å². The second-order valence-corrected chi connectivity index (χ2v) is 10.4. The second kappa shape index (κ2) is 9.75. The fraction of sp³-hybridized carbons (Fsp3) is 0.444. The SMILES string of the molecule is COc1cc(-c2nc3ccc(N4CCN5CCC4CC5)cc3c(=O)n2CC(=O)NC(C)(C)N)ccc1F. The minimum Gasteiger partial charge on any atom is -0.494 e. The molecule has 0 atom stereocenters. The van der Waals surface area contributed by atoms with E-state index in [1.165, 1.54) is 29.9 Å². The van der Waals surface area contributed by atoms with Gasteiger partial charge < -0.3 is 25.6 Å². The highest BCUT2D eigenvalue weighted by molar-refractivity contribution is 5.85. The van der Waals surface area contributed by atoms with Gasteiger partial charge in [0, 0.05) is 43.5 Å². The van der Waals surface area contributed by atoms with Gasteiger partial charge in [-0.1, -0.05) is 0 Å². The first-order valence-electron chi connectivity index (χ1n) is 12.6. The number of hydrogen-bond donors (Lipinski definition) is 2. The van der Waals surface area contributed by atoms with Crippen molar-refractivity contribution in [3.8, 4) is 17.1 Å². The minimum absolute atomic E-state index is 0.0213. The molecule has 0 unspecified atom stereocenters. The summed E-state index contributed by atoms with van der Waals surface area (Å²) in [5, 5.41) is 3.12. The van der Waals surface area contributed by atoms with Crippen LogP contribution in [0, 0.1) is 5.82 Å². The number of fused-ring (bicyclic) bond motifs is 5. The molecule has 3 saturated heterocycles. The zero-order chi connectivity index (χ0) is 26.3. The number of benzene rings is 2. The number of nitrogens with one attached hydrogen (secondary N) is 1. The second-order valence-electron chi connectivity index (χ2n) is 10.4. The van der Waals surface area contributed by atoms with Crippen molar-refractivity contribution in [2.45, 2.75) is 44.9 Å². The third-order valence-corrected chi connectivity index (χ3v) is 7.10. The van der Waals surface area contributed by atoms with Crippen LogP contribution in [0.2, 0.25) is 0 Å². The Kier molecular flexibility index (Phi) is 6.63. The summed E-state index contributed by atoms with van der Waals surface area (Å²) < 4.78 is 20.6. The van der Waals surface area contributed by atoms with Gasteiger partial charge in [-0.2, -0.15) is 0 Å². The van der Waals surface area contributed by atoms with Crippen molar-refractivity contribution >= 4 is 22.5 Å². The van der Waals surface area contributed by atoms with E-state index in [4.69, 9.17) is 15.5 Å². The molecule has 196 valence electrons. The number of nitrogens with zero attached hydrogens (tertiary/aromatic N) is 4. The van der Waals surface area contributed by atoms with E-state index in [1.807, 2.05) is 18.2 Å². The zero-order valence-corrected chi connectivity index (χ0v) is 21.5. The number of amides is 1. The van der Waals surface area contributed by atoms with Crippen LogP contribution < -0.4 is 26.2 Å². The Balaban J connectivity index is 1.63. The molecule has 10 heteroatoms. The van der Waals surface area contributed by atoms with Crippen molar-refractivity contribution in [3.63, 3.8) is 0 Å². The van der Waals surface area contributed by atoms with Gasteiger partial charge in [0.25, 0.3) is 5.56 Å². The molecule has 3 N–H and O–H groups in total. The van der Waals surface area contributed by atoms with E-state index < -0.39 is 17.4 Å². The first kappa shape index (κ1) is 25.2. The number of aromatic nitrogens is 2. The van der Waals surface area contributed by atoms with Crippen molar-refractivity contribution in [2.24, 2.45) is 5.73 Å². The van der Waals surface area contributed by atoms with Crippen LogP contribution in [0.5, 0.6) is 5.75 Å². The topological polar surface area (TPSA) is 106 Å². The number of piperidine rings is 1. The van der Waals surface area contributed by atoms with E-state index in [9.17, 15) is 14.0 Å². The summed E-state index contributed by atoms with van der Waals surface area (Å²) in [5.74, 6) is -0.695. The summed E-state index contributed by atoms with van der Waals surface area (Å²) in [6.07, 6.45) is 2.20. The number of nitrogens with two attached hydrogens (primary N) is 1. The fourth-order valence-electron chi connectivity index (χ4n) is 5.32. The highest BCUT2D eigenvalue weighted by Crippen LogP contribution is 2.30. The lowest BCUT2D eigenvalue weighted by atomic mass is 10.0. The van der Waals surface area contributed by atoms with Crippen LogP contribution in [0.25, 0.3) is 22.3 Å². The van der Waals surface area contributed by atoms with Gasteiger partial charge in [0.2, 0.25) is 5.91 Å². The van der Waals surface area contributed by atoms with E-state index in [0.717, 1.165) is 44.7 Å². The third-order valence-electron chi connectivity index (χ3n) is 7.10. The van der Waals surface area contributed by atoms with Gasteiger partial charge in [-0.3, -0.25) is 14.2 Å². The third kappa shape index (κ3) is 5.17. The zero-order valence-electron chi connectivity index (χ0n) is 21.5. The van der Waals surface area contributed by atoms with Crippen molar-refractivity contribution < 1.29 is 13.9 Å². The van der Waals surface area contributed by atoms with Crippen molar-refractivity contribution in [3.05, 3.63) is 52.6 Å². The van der Waals surface area contributed by atoms with Gasteiger partial charge in [0.05, 0.1) is 23.7 Å². The Labute approximate surface area is 215 Å². The first-order chi connectivity index (χ1) is 17.6. The quantitative estimate of drug-likeness (QED) is 0.492. The monoisotopic (exact) mass is 508 g/mol. The van der Waals surface area contributed by atoms with Crippen LogP contribution in [0.1, 0.15) is 26.7 Å². The van der Waals surface area contributed by atoms with Gasteiger partial charge in [0.1, 0.15) is 12.4 Å². The highest BCUT2D eigenvalue weighted by atomic mass is 19.1. The molecular formula is C27H33FN6O3. The Morgan fingerprint density at radius 2 is 1.92 bits per heavy atom. The molecular weight excluding hydrogens is 475 g/mol. The normalized spacial score (nSPS) is 19.6. The molecule has 1 aromatic heterocycles. The molecule has 9 nitrogen and oxygen atoms in total. The number of rotatable bonds is 6. The Hall–Kier alpha value is -3.50. The maximum atomic E-state index is 14.1. The van der Waals surface area contributed by atoms with Crippen molar-refractivity contribution in [1.82, 2.24) is 19.8 Å². The van der Waals surface area contributed by atoms with Crippen LogP contribution in [0.15, 0.2) is 41.2 Å². The first-order valence-corrected chi connectivity index (χ1v) is 12.6. The van der Waals surface area contributed by atoms with Crippen LogP contribution >= 0.6 is 0 Å². The lowest BCUT2D eigenvalue weighted by molar-refractivity contribution is -0.123. The van der Waals surface area contributed by atoms with Gasteiger partial charge in [-0.25, -0.2) is 9.37 Å². The van der Waals surface area contributed by atoms with E-state index in [1.54, 1.807) is 13.8 Å². The number of anilines is 1. The van der Waals surface area contributed by atoms with Gasteiger partial charge >= 0.3 is 0 Å². The molecule has 0 radical (unpaired) electrons. The lowest BCUT2D eigenvalue weighted by Gasteiger charge is -2.33.